The molecule has 1 unspecified atom stereocenters. The largest absolute Gasteiger partial charge is 0.409 e. The number of nitrogens with two attached hydrogens (primary N) is 1. The number of rotatable bonds is 7. The second-order valence-electron chi connectivity index (χ2n) is 5.13. The summed E-state index contributed by atoms with van der Waals surface area (Å²) in [5.41, 5.74) is 7.25. The van der Waals surface area contributed by atoms with Crippen LogP contribution in [0.1, 0.15) is 38.3 Å². The van der Waals surface area contributed by atoms with E-state index in [2.05, 4.69) is 30.8 Å². The van der Waals surface area contributed by atoms with E-state index in [4.69, 9.17) is 22.5 Å². The maximum Gasteiger partial charge on any atom is 0.170 e. The van der Waals surface area contributed by atoms with Gasteiger partial charge in [0.05, 0.1) is 0 Å². The Kier molecular flexibility index (Phi) is 6.82. The van der Waals surface area contributed by atoms with Crippen molar-refractivity contribution in [1.82, 2.24) is 4.90 Å². The minimum Gasteiger partial charge on any atom is -0.409 e. The van der Waals surface area contributed by atoms with Crippen molar-refractivity contribution >= 4 is 17.4 Å². The van der Waals surface area contributed by atoms with E-state index in [-0.39, 0.29) is 5.84 Å². The summed E-state index contributed by atoms with van der Waals surface area (Å²) in [5, 5.41) is 12.3. The van der Waals surface area contributed by atoms with Gasteiger partial charge in [-0.15, -0.1) is 0 Å². The Bertz CT molecular complexity index is 462. The van der Waals surface area contributed by atoms with Crippen LogP contribution in [0.5, 0.6) is 0 Å². The lowest BCUT2D eigenvalue weighted by molar-refractivity contribution is 0.238. The topological polar surface area (TPSA) is 61.8 Å². The Morgan fingerprint density at radius 2 is 2.15 bits per heavy atom. The molecular formula is C15H24ClN3O. The minimum atomic E-state index is 0.0744. The Hall–Kier alpha value is -1.26. The first-order chi connectivity index (χ1) is 9.51. The third-order valence-electron chi connectivity index (χ3n) is 3.56. The molecule has 5 heteroatoms. The monoisotopic (exact) mass is 297 g/mol. The Labute approximate surface area is 126 Å². The van der Waals surface area contributed by atoms with Gasteiger partial charge in [0.1, 0.15) is 0 Å². The summed E-state index contributed by atoms with van der Waals surface area (Å²) >= 11 is 6.28. The van der Waals surface area contributed by atoms with Gasteiger partial charge in [-0.1, -0.05) is 56.1 Å². The predicted molar refractivity (Wildman–Crippen MR) is 84.4 cm³/mol. The second-order valence-corrected chi connectivity index (χ2v) is 5.54. The van der Waals surface area contributed by atoms with Gasteiger partial charge in [-0.25, -0.2) is 0 Å². The SMILES string of the molecule is CCC(C)CN(CC)Cc1ccc(/C(N)=N/O)cc1Cl. The number of halogens is 1. The van der Waals surface area contributed by atoms with Crippen LogP contribution in [0, 0.1) is 5.92 Å². The highest BCUT2D eigenvalue weighted by atomic mass is 35.5. The van der Waals surface area contributed by atoms with Crippen molar-refractivity contribution < 1.29 is 5.21 Å². The zero-order chi connectivity index (χ0) is 15.1. The molecule has 4 nitrogen and oxygen atoms in total. The quantitative estimate of drug-likeness (QED) is 0.351. The van der Waals surface area contributed by atoms with Crippen molar-refractivity contribution in [1.29, 1.82) is 0 Å². The highest BCUT2D eigenvalue weighted by Crippen LogP contribution is 2.20. The first-order valence-electron chi connectivity index (χ1n) is 7.00. The van der Waals surface area contributed by atoms with Crippen molar-refractivity contribution in [3.05, 3.63) is 34.3 Å². The molecule has 0 saturated carbocycles. The molecular weight excluding hydrogens is 274 g/mol. The molecule has 1 atom stereocenters. The van der Waals surface area contributed by atoms with Crippen molar-refractivity contribution in [2.45, 2.75) is 33.7 Å². The maximum absolute atomic E-state index is 8.67. The summed E-state index contributed by atoms with van der Waals surface area (Å²) < 4.78 is 0. The van der Waals surface area contributed by atoms with E-state index in [1.807, 2.05) is 12.1 Å². The molecule has 0 aliphatic heterocycles. The lowest BCUT2D eigenvalue weighted by atomic mass is 10.1. The summed E-state index contributed by atoms with van der Waals surface area (Å²) in [6.45, 7) is 9.48. The number of hydrogen-bond donors (Lipinski definition) is 2. The van der Waals surface area contributed by atoms with Crippen LogP contribution >= 0.6 is 11.6 Å². The molecule has 0 aliphatic carbocycles. The number of nitrogens with zero attached hydrogens (tertiary/aromatic N) is 2. The second kappa shape index (κ2) is 8.12. The van der Waals surface area contributed by atoms with E-state index in [1.165, 1.54) is 6.42 Å². The fraction of sp³-hybridized carbons (Fsp3) is 0.533. The third kappa shape index (κ3) is 4.69. The Balaban J connectivity index is 2.81. The van der Waals surface area contributed by atoms with Crippen molar-refractivity contribution in [3.63, 3.8) is 0 Å². The summed E-state index contributed by atoms with van der Waals surface area (Å²) in [4.78, 5) is 2.37. The molecule has 3 N–H and O–H groups in total. The molecule has 0 spiro atoms. The van der Waals surface area contributed by atoms with Crippen LogP contribution < -0.4 is 5.73 Å². The molecule has 0 amide bonds. The third-order valence-corrected chi connectivity index (χ3v) is 3.92. The number of amidine groups is 1. The van der Waals surface area contributed by atoms with Gasteiger partial charge >= 0.3 is 0 Å². The molecule has 1 aromatic carbocycles. The van der Waals surface area contributed by atoms with Gasteiger partial charge in [0.25, 0.3) is 0 Å². The van der Waals surface area contributed by atoms with Crippen LogP contribution in [-0.2, 0) is 6.54 Å². The van der Waals surface area contributed by atoms with E-state index < -0.39 is 0 Å². The van der Waals surface area contributed by atoms with Gasteiger partial charge in [0.15, 0.2) is 5.84 Å². The molecule has 112 valence electrons. The highest BCUT2D eigenvalue weighted by Gasteiger charge is 2.11. The van der Waals surface area contributed by atoms with E-state index in [0.717, 1.165) is 25.2 Å². The lowest BCUT2D eigenvalue weighted by Crippen LogP contribution is -2.28. The van der Waals surface area contributed by atoms with Crippen molar-refractivity contribution in [2.24, 2.45) is 16.8 Å². The fourth-order valence-corrected chi connectivity index (χ4v) is 2.25. The summed E-state index contributed by atoms with van der Waals surface area (Å²) in [5.74, 6) is 0.746. The van der Waals surface area contributed by atoms with Crippen LogP contribution in [0.4, 0.5) is 0 Å². The zero-order valence-electron chi connectivity index (χ0n) is 12.4. The average Bonchev–Trinajstić information content (AvgIpc) is 2.47. The molecule has 0 radical (unpaired) electrons. The zero-order valence-corrected chi connectivity index (χ0v) is 13.2. The van der Waals surface area contributed by atoms with E-state index in [1.54, 1.807) is 6.07 Å². The average molecular weight is 298 g/mol. The molecule has 1 rings (SSSR count). The summed E-state index contributed by atoms with van der Waals surface area (Å²) in [7, 11) is 0. The number of benzene rings is 1. The summed E-state index contributed by atoms with van der Waals surface area (Å²) in [6.07, 6.45) is 1.17. The molecule has 0 fully saturated rings. The van der Waals surface area contributed by atoms with Crippen molar-refractivity contribution in [3.8, 4) is 0 Å². The van der Waals surface area contributed by atoms with Gasteiger partial charge in [0.2, 0.25) is 0 Å². The van der Waals surface area contributed by atoms with Gasteiger partial charge in [-0.05, 0) is 24.1 Å². The predicted octanol–water partition coefficient (Wildman–Crippen LogP) is 3.30. The van der Waals surface area contributed by atoms with Crippen LogP contribution in [-0.4, -0.2) is 29.0 Å². The van der Waals surface area contributed by atoms with Gasteiger partial charge in [-0.2, -0.15) is 0 Å². The van der Waals surface area contributed by atoms with Crippen LogP contribution in [0.25, 0.3) is 0 Å². The normalized spacial score (nSPS) is 13.8. The van der Waals surface area contributed by atoms with Gasteiger partial charge in [-0.3, -0.25) is 4.90 Å². The molecule has 1 aromatic rings. The fourth-order valence-electron chi connectivity index (χ4n) is 2.01. The molecule has 0 aliphatic rings. The maximum atomic E-state index is 8.67. The minimum absolute atomic E-state index is 0.0744. The van der Waals surface area contributed by atoms with Gasteiger partial charge < -0.3 is 10.9 Å². The van der Waals surface area contributed by atoms with Gasteiger partial charge in [0, 0.05) is 23.7 Å². The smallest absolute Gasteiger partial charge is 0.170 e. The first-order valence-corrected chi connectivity index (χ1v) is 7.38. The molecule has 0 aromatic heterocycles. The number of hydrogen-bond acceptors (Lipinski definition) is 3. The van der Waals surface area contributed by atoms with Crippen LogP contribution in [0.2, 0.25) is 5.02 Å². The molecule has 0 heterocycles. The number of oxime groups is 1. The Morgan fingerprint density at radius 3 is 2.65 bits per heavy atom. The molecule has 20 heavy (non-hydrogen) atoms. The Morgan fingerprint density at radius 1 is 1.45 bits per heavy atom. The molecule has 0 saturated heterocycles. The van der Waals surface area contributed by atoms with E-state index in [0.29, 0.717) is 16.5 Å². The van der Waals surface area contributed by atoms with Crippen LogP contribution in [0.3, 0.4) is 0 Å². The molecule has 0 bridgehead atoms. The van der Waals surface area contributed by atoms with Crippen molar-refractivity contribution in [2.75, 3.05) is 13.1 Å². The summed E-state index contributed by atoms with van der Waals surface area (Å²) in [6, 6.07) is 5.51. The standard InChI is InChI=1S/C15H24ClN3O/c1-4-11(3)9-19(5-2)10-13-7-6-12(8-14(13)16)15(17)18-20/h6-8,11,20H,4-5,9-10H2,1-3H3,(H2,17,18). The van der Waals surface area contributed by atoms with E-state index in [9.17, 15) is 0 Å². The van der Waals surface area contributed by atoms with Crippen LogP contribution in [0.15, 0.2) is 23.4 Å². The highest BCUT2D eigenvalue weighted by molar-refractivity contribution is 6.31. The van der Waals surface area contributed by atoms with E-state index >= 15 is 0 Å². The first kappa shape index (κ1) is 16.8. The lowest BCUT2D eigenvalue weighted by Gasteiger charge is -2.24.